The van der Waals surface area contributed by atoms with Gasteiger partial charge in [-0.1, -0.05) is 0 Å². The number of alkyl halides is 3. The van der Waals surface area contributed by atoms with E-state index in [2.05, 4.69) is 15.3 Å². The first-order valence-electron chi connectivity index (χ1n) is 9.17. The van der Waals surface area contributed by atoms with Crippen LogP contribution in [-0.2, 0) is 17.5 Å². The first kappa shape index (κ1) is 22.8. The minimum absolute atomic E-state index is 0.0725. The van der Waals surface area contributed by atoms with Crippen molar-refractivity contribution < 1.29 is 32.2 Å². The van der Waals surface area contributed by atoms with E-state index >= 15 is 0 Å². The molecular weight excluding hydrogens is 435 g/mol. The molecule has 0 saturated carbocycles. The normalized spacial score (nSPS) is 11.6. The quantitative estimate of drug-likeness (QED) is 0.550. The summed E-state index contributed by atoms with van der Waals surface area (Å²) in [5.41, 5.74) is -0.407. The second-order valence-corrected chi connectivity index (χ2v) is 7.41. The average Bonchev–Trinajstić information content (AvgIpc) is 3.05. The Hall–Kier alpha value is -2.92. The SMILES string of the molecule is CCOc1ccc(C(F)(F)F)cc1NC(=O)c1sc2nc(COC)nc(OC)c2c1C. The molecule has 0 atom stereocenters. The zero-order valence-corrected chi connectivity index (χ0v) is 18.0. The van der Waals surface area contributed by atoms with Crippen LogP contribution in [0.15, 0.2) is 18.2 Å². The number of amides is 1. The molecule has 3 rings (SSSR count). The Morgan fingerprint density at radius 2 is 1.97 bits per heavy atom. The van der Waals surface area contributed by atoms with Crippen LogP contribution in [0.4, 0.5) is 18.9 Å². The second-order valence-electron chi connectivity index (χ2n) is 6.41. The molecule has 166 valence electrons. The Morgan fingerprint density at radius 3 is 2.58 bits per heavy atom. The van der Waals surface area contributed by atoms with Crippen LogP contribution in [0.1, 0.15) is 33.5 Å². The van der Waals surface area contributed by atoms with Crippen molar-refractivity contribution in [3.05, 3.63) is 40.0 Å². The maximum absolute atomic E-state index is 13.1. The molecule has 0 bridgehead atoms. The summed E-state index contributed by atoms with van der Waals surface area (Å²) in [5.74, 6) is 0.231. The highest BCUT2D eigenvalue weighted by atomic mass is 32.1. The van der Waals surface area contributed by atoms with E-state index in [1.807, 2.05) is 0 Å². The van der Waals surface area contributed by atoms with Gasteiger partial charge in [-0.25, -0.2) is 4.98 Å². The van der Waals surface area contributed by atoms with Crippen molar-refractivity contribution in [2.75, 3.05) is 26.1 Å². The number of thiophene rings is 1. The van der Waals surface area contributed by atoms with Crippen LogP contribution >= 0.6 is 11.3 Å². The standard InChI is InChI=1S/C20H20F3N3O4S/c1-5-30-13-7-6-11(20(21,22)23)8-12(13)24-17(27)16-10(2)15-18(29-4)25-14(9-28-3)26-19(15)31-16/h6-8H,5,9H2,1-4H3,(H,24,27). The highest BCUT2D eigenvalue weighted by Crippen LogP contribution is 2.38. The van der Waals surface area contributed by atoms with Crippen LogP contribution in [0.25, 0.3) is 10.2 Å². The van der Waals surface area contributed by atoms with E-state index in [9.17, 15) is 18.0 Å². The molecule has 1 aromatic carbocycles. The number of halogens is 3. The minimum Gasteiger partial charge on any atom is -0.492 e. The summed E-state index contributed by atoms with van der Waals surface area (Å²) in [6.45, 7) is 3.78. The van der Waals surface area contributed by atoms with Gasteiger partial charge < -0.3 is 19.5 Å². The zero-order valence-electron chi connectivity index (χ0n) is 17.2. The number of carbonyl (C=O) groups is 1. The van der Waals surface area contributed by atoms with Crippen molar-refractivity contribution in [1.29, 1.82) is 0 Å². The Bertz CT molecular complexity index is 1120. The minimum atomic E-state index is -4.56. The summed E-state index contributed by atoms with van der Waals surface area (Å²) < 4.78 is 55.2. The van der Waals surface area contributed by atoms with Crippen LogP contribution in [0, 0.1) is 6.92 Å². The van der Waals surface area contributed by atoms with Crippen LogP contribution < -0.4 is 14.8 Å². The number of nitrogens with one attached hydrogen (secondary N) is 1. The number of fused-ring (bicyclic) bond motifs is 1. The van der Waals surface area contributed by atoms with Crippen molar-refractivity contribution in [2.24, 2.45) is 0 Å². The summed E-state index contributed by atoms with van der Waals surface area (Å²) >= 11 is 1.09. The summed E-state index contributed by atoms with van der Waals surface area (Å²) in [6.07, 6.45) is -4.56. The summed E-state index contributed by atoms with van der Waals surface area (Å²) in [5, 5.41) is 3.10. The number of carbonyl (C=O) groups excluding carboxylic acids is 1. The molecule has 7 nitrogen and oxygen atoms in total. The van der Waals surface area contributed by atoms with Gasteiger partial charge in [-0.3, -0.25) is 4.79 Å². The molecule has 31 heavy (non-hydrogen) atoms. The highest BCUT2D eigenvalue weighted by Gasteiger charge is 2.31. The van der Waals surface area contributed by atoms with Gasteiger partial charge in [0, 0.05) is 7.11 Å². The van der Waals surface area contributed by atoms with E-state index in [0.717, 1.165) is 23.5 Å². The van der Waals surface area contributed by atoms with Gasteiger partial charge in [0.25, 0.3) is 5.91 Å². The first-order chi connectivity index (χ1) is 14.7. The van der Waals surface area contributed by atoms with Gasteiger partial charge in [0.1, 0.15) is 17.2 Å². The molecule has 0 aliphatic heterocycles. The summed E-state index contributed by atoms with van der Waals surface area (Å²) in [4.78, 5) is 22.4. The molecule has 1 amide bonds. The second kappa shape index (κ2) is 9.06. The lowest BCUT2D eigenvalue weighted by Crippen LogP contribution is -2.14. The lowest BCUT2D eigenvalue weighted by atomic mass is 10.1. The van der Waals surface area contributed by atoms with Crippen LogP contribution in [0.5, 0.6) is 11.6 Å². The number of methoxy groups -OCH3 is 2. The van der Waals surface area contributed by atoms with Crippen molar-refractivity contribution in [2.45, 2.75) is 26.6 Å². The number of nitrogens with zero attached hydrogens (tertiary/aromatic N) is 2. The topological polar surface area (TPSA) is 82.6 Å². The van der Waals surface area contributed by atoms with Crippen molar-refractivity contribution >= 4 is 33.1 Å². The molecule has 0 aliphatic rings. The molecule has 0 unspecified atom stereocenters. The van der Waals surface area contributed by atoms with E-state index in [1.165, 1.54) is 20.3 Å². The fourth-order valence-corrected chi connectivity index (χ4v) is 4.05. The first-order valence-corrected chi connectivity index (χ1v) is 9.99. The number of hydrogen-bond donors (Lipinski definition) is 1. The third-order valence-electron chi connectivity index (χ3n) is 4.33. The van der Waals surface area contributed by atoms with Crippen molar-refractivity contribution in [3.8, 4) is 11.6 Å². The number of benzene rings is 1. The largest absolute Gasteiger partial charge is 0.492 e. The van der Waals surface area contributed by atoms with E-state index < -0.39 is 17.6 Å². The van der Waals surface area contributed by atoms with Gasteiger partial charge in [0.15, 0.2) is 5.82 Å². The molecular formula is C20H20F3N3O4S. The molecule has 2 heterocycles. The molecule has 0 fully saturated rings. The Balaban J connectivity index is 2.03. The smallest absolute Gasteiger partial charge is 0.416 e. The maximum atomic E-state index is 13.1. The van der Waals surface area contributed by atoms with Crippen LogP contribution in [-0.4, -0.2) is 36.7 Å². The van der Waals surface area contributed by atoms with Gasteiger partial charge in [0.05, 0.1) is 35.2 Å². The Kier molecular flexibility index (Phi) is 6.65. The van der Waals surface area contributed by atoms with Crippen LogP contribution in [0.2, 0.25) is 0 Å². The number of rotatable bonds is 7. The number of hydrogen-bond acceptors (Lipinski definition) is 7. The molecule has 11 heteroatoms. The number of aromatic nitrogens is 2. The van der Waals surface area contributed by atoms with Crippen molar-refractivity contribution in [1.82, 2.24) is 9.97 Å². The Morgan fingerprint density at radius 1 is 1.23 bits per heavy atom. The van der Waals surface area contributed by atoms with Gasteiger partial charge in [-0.05, 0) is 37.6 Å². The maximum Gasteiger partial charge on any atom is 0.416 e. The van der Waals surface area contributed by atoms with Gasteiger partial charge >= 0.3 is 6.18 Å². The molecule has 2 aromatic heterocycles. The third kappa shape index (κ3) is 4.72. The van der Waals surface area contributed by atoms with Gasteiger partial charge in [0.2, 0.25) is 5.88 Å². The van der Waals surface area contributed by atoms with E-state index in [1.54, 1.807) is 13.8 Å². The van der Waals surface area contributed by atoms with E-state index in [0.29, 0.717) is 27.5 Å². The van der Waals surface area contributed by atoms with Gasteiger partial charge in [-0.2, -0.15) is 18.2 Å². The summed E-state index contributed by atoms with van der Waals surface area (Å²) in [6, 6.07) is 2.94. The Labute approximate surface area is 180 Å². The predicted molar refractivity (Wildman–Crippen MR) is 110 cm³/mol. The zero-order chi connectivity index (χ0) is 22.8. The molecule has 0 saturated heterocycles. The monoisotopic (exact) mass is 455 g/mol. The molecule has 1 N–H and O–H groups in total. The van der Waals surface area contributed by atoms with Gasteiger partial charge in [-0.15, -0.1) is 11.3 Å². The molecule has 3 aromatic rings. The molecule has 0 spiro atoms. The fraction of sp³-hybridized carbons (Fsp3) is 0.350. The molecule has 0 aliphatic carbocycles. The lowest BCUT2D eigenvalue weighted by Gasteiger charge is -2.14. The number of anilines is 1. The fourth-order valence-electron chi connectivity index (χ4n) is 2.97. The molecule has 0 radical (unpaired) electrons. The number of ether oxygens (including phenoxy) is 3. The average molecular weight is 455 g/mol. The third-order valence-corrected chi connectivity index (χ3v) is 5.52. The van der Waals surface area contributed by atoms with Crippen molar-refractivity contribution in [3.63, 3.8) is 0 Å². The van der Waals surface area contributed by atoms with Crippen LogP contribution in [0.3, 0.4) is 0 Å². The van der Waals surface area contributed by atoms with E-state index in [4.69, 9.17) is 14.2 Å². The number of aryl methyl sites for hydroxylation is 1. The van der Waals surface area contributed by atoms with E-state index in [-0.39, 0.29) is 29.5 Å². The summed E-state index contributed by atoms with van der Waals surface area (Å²) in [7, 11) is 2.95. The highest BCUT2D eigenvalue weighted by molar-refractivity contribution is 7.20. The lowest BCUT2D eigenvalue weighted by molar-refractivity contribution is -0.137. The predicted octanol–water partition coefficient (Wildman–Crippen LogP) is 4.82.